The maximum atomic E-state index is 11.4. The van der Waals surface area contributed by atoms with E-state index in [0.717, 1.165) is 16.4 Å². The van der Waals surface area contributed by atoms with Gasteiger partial charge in [-0.1, -0.05) is 0 Å². The fourth-order valence-electron chi connectivity index (χ4n) is 1.82. The molecular formula is C14H17NO3S. The minimum Gasteiger partial charge on any atom is -0.497 e. The summed E-state index contributed by atoms with van der Waals surface area (Å²) >= 11 is 1.64. The summed E-state index contributed by atoms with van der Waals surface area (Å²) in [5, 5.41) is 1.17. The molecule has 0 N–H and O–H groups in total. The van der Waals surface area contributed by atoms with Crippen molar-refractivity contribution in [2.24, 2.45) is 4.99 Å². The van der Waals surface area contributed by atoms with E-state index in [4.69, 9.17) is 9.47 Å². The average Bonchev–Trinajstić information content (AvgIpc) is 2.87. The molecule has 1 aromatic carbocycles. The Morgan fingerprint density at radius 2 is 2.16 bits per heavy atom. The van der Waals surface area contributed by atoms with Crippen molar-refractivity contribution in [2.45, 2.75) is 18.6 Å². The monoisotopic (exact) mass is 279 g/mol. The highest BCUT2D eigenvalue weighted by Gasteiger charge is 2.23. The van der Waals surface area contributed by atoms with E-state index in [0.29, 0.717) is 19.6 Å². The number of methoxy groups -OCH3 is 1. The van der Waals surface area contributed by atoms with Crippen LogP contribution in [0.25, 0.3) is 0 Å². The Labute approximate surface area is 117 Å². The largest absolute Gasteiger partial charge is 0.497 e. The number of benzene rings is 1. The third kappa shape index (κ3) is 3.73. The normalized spacial score (nSPS) is 18.0. The van der Waals surface area contributed by atoms with Gasteiger partial charge in [0.2, 0.25) is 0 Å². The number of aliphatic imine (C=N–C) groups is 1. The van der Waals surface area contributed by atoms with Gasteiger partial charge in [-0.15, -0.1) is 11.8 Å². The van der Waals surface area contributed by atoms with Gasteiger partial charge in [0, 0.05) is 10.8 Å². The summed E-state index contributed by atoms with van der Waals surface area (Å²) in [6.07, 6.45) is 0.418. The van der Waals surface area contributed by atoms with E-state index < -0.39 is 0 Å². The highest BCUT2D eigenvalue weighted by molar-refractivity contribution is 8.15. The molecule has 1 heterocycles. The summed E-state index contributed by atoms with van der Waals surface area (Å²) in [6, 6.07) is 7.79. The molecule has 0 radical (unpaired) electrons. The van der Waals surface area contributed by atoms with Crippen molar-refractivity contribution in [1.82, 2.24) is 0 Å². The van der Waals surface area contributed by atoms with Crippen LogP contribution in [0.5, 0.6) is 5.75 Å². The number of carbonyl (C=O) groups is 1. The lowest BCUT2D eigenvalue weighted by Gasteiger charge is -2.07. The molecule has 0 aliphatic carbocycles. The molecule has 1 aromatic rings. The van der Waals surface area contributed by atoms with Crippen molar-refractivity contribution >= 4 is 22.8 Å². The third-order valence-corrected chi connectivity index (χ3v) is 3.99. The summed E-state index contributed by atoms with van der Waals surface area (Å²) < 4.78 is 10.1. The van der Waals surface area contributed by atoms with Crippen LogP contribution < -0.4 is 4.74 Å². The Balaban J connectivity index is 1.91. The molecule has 102 valence electrons. The van der Waals surface area contributed by atoms with Crippen molar-refractivity contribution < 1.29 is 14.3 Å². The molecule has 0 bridgehead atoms. The van der Waals surface area contributed by atoms with Gasteiger partial charge in [-0.3, -0.25) is 9.79 Å². The van der Waals surface area contributed by atoms with Gasteiger partial charge in [-0.05, 0) is 31.2 Å². The van der Waals surface area contributed by atoms with Gasteiger partial charge in [0.15, 0.2) is 0 Å². The number of carbonyl (C=O) groups excluding carboxylic acids is 1. The number of thioether (sulfide) groups is 1. The second-order valence-corrected chi connectivity index (χ2v) is 5.41. The summed E-state index contributed by atoms with van der Waals surface area (Å²) in [4.78, 5) is 15.9. The van der Waals surface area contributed by atoms with Crippen molar-refractivity contribution in [3.63, 3.8) is 0 Å². The van der Waals surface area contributed by atoms with E-state index in [1.54, 1.807) is 18.9 Å². The van der Waals surface area contributed by atoms with Crippen molar-refractivity contribution in [1.29, 1.82) is 0 Å². The molecule has 0 fully saturated rings. The van der Waals surface area contributed by atoms with Crippen LogP contribution in [-0.4, -0.2) is 36.5 Å². The number of nitrogens with zero attached hydrogens (tertiary/aromatic N) is 1. The predicted octanol–water partition coefficient (Wildman–Crippen LogP) is 2.51. The number of hydrogen-bond acceptors (Lipinski definition) is 5. The van der Waals surface area contributed by atoms with Crippen molar-refractivity contribution in [3.05, 3.63) is 29.8 Å². The number of hydrogen-bond donors (Lipinski definition) is 0. The lowest BCUT2D eigenvalue weighted by atomic mass is 10.2. The SMILES string of the molecule is CCOC(=O)CC1CN=C(c2ccc(OC)cc2)S1. The topological polar surface area (TPSA) is 47.9 Å². The summed E-state index contributed by atoms with van der Waals surface area (Å²) in [7, 11) is 1.65. The first-order chi connectivity index (χ1) is 9.22. The highest BCUT2D eigenvalue weighted by Crippen LogP contribution is 2.28. The van der Waals surface area contributed by atoms with Gasteiger partial charge >= 0.3 is 5.97 Å². The Morgan fingerprint density at radius 1 is 1.42 bits per heavy atom. The molecule has 2 rings (SSSR count). The second kappa shape index (κ2) is 6.61. The van der Waals surface area contributed by atoms with Gasteiger partial charge in [-0.25, -0.2) is 0 Å². The van der Waals surface area contributed by atoms with Crippen molar-refractivity contribution in [2.75, 3.05) is 20.3 Å². The van der Waals surface area contributed by atoms with Gasteiger partial charge in [0.05, 0.1) is 31.7 Å². The van der Waals surface area contributed by atoms with E-state index in [2.05, 4.69) is 4.99 Å². The maximum absolute atomic E-state index is 11.4. The molecule has 1 atom stereocenters. The summed E-state index contributed by atoms with van der Waals surface area (Å²) in [5.74, 6) is 0.682. The second-order valence-electron chi connectivity index (χ2n) is 4.12. The molecule has 1 unspecified atom stereocenters. The average molecular weight is 279 g/mol. The van der Waals surface area contributed by atoms with Crippen LogP contribution in [0.3, 0.4) is 0 Å². The van der Waals surface area contributed by atoms with Crippen LogP contribution in [0, 0.1) is 0 Å². The third-order valence-electron chi connectivity index (χ3n) is 2.75. The Bertz CT molecular complexity index is 470. The van der Waals surface area contributed by atoms with Crippen LogP contribution in [0.15, 0.2) is 29.3 Å². The Kier molecular flexibility index (Phi) is 4.85. The first-order valence-corrected chi connectivity index (χ1v) is 7.12. The van der Waals surface area contributed by atoms with E-state index in [1.165, 1.54) is 0 Å². The zero-order valence-electron chi connectivity index (χ0n) is 11.1. The first-order valence-electron chi connectivity index (χ1n) is 6.24. The van der Waals surface area contributed by atoms with Crippen LogP contribution in [0.2, 0.25) is 0 Å². The molecule has 1 aliphatic rings. The maximum Gasteiger partial charge on any atom is 0.306 e. The van der Waals surface area contributed by atoms with E-state index in [9.17, 15) is 4.79 Å². The van der Waals surface area contributed by atoms with E-state index >= 15 is 0 Å². The molecule has 5 heteroatoms. The number of ether oxygens (including phenoxy) is 2. The van der Waals surface area contributed by atoms with Crippen LogP contribution in [0.1, 0.15) is 18.9 Å². The van der Waals surface area contributed by atoms with E-state index in [1.807, 2.05) is 31.2 Å². The smallest absolute Gasteiger partial charge is 0.306 e. The molecule has 0 saturated heterocycles. The minimum atomic E-state index is -0.147. The molecule has 0 aromatic heterocycles. The van der Waals surface area contributed by atoms with Crippen LogP contribution in [0.4, 0.5) is 0 Å². The zero-order valence-corrected chi connectivity index (χ0v) is 11.9. The molecule has 0 saturated carbocycles. The molecule has 0 amide bonds. The predicted molar refractivity (Wildman–Crippen MR) is 77.0 cm³/mol. The summed E-state index contributed by atoms with van der Waals surface area (Å²) in [5.41, 5.74) is 1.07. The standard InChI is InChI=1S/C14H17NO3S/c1-3-18-13(16)8-12-9-15-14(19-12)10-4-6-11(17-2)7-5-10/h4-7,12H,3,8-9H2,1-2H3. The Morgan fingerprint density at radius 3 is 2.79 bits per heavy atom. The van der Waals surface area contributed by atoms with Crippen molar-refractivity contribution in [3.8, 4) is 5.75 Å². The molecule has 1 aliphatic heterocycles. The van der Waals surface area contributed by atoms with E-state index in [-0.39, 0.29) is 11.2 Å². The quantitative estimate of drug-likeness (QED) is 0.777. The van der Waals surface area contributed by atoms with Crippen LogP contribution >= 0.6 is 11.8 Å². The lowest BCUT2D eigenvalue weighted by molar-refractivity contribution is -0.143. The molecule has 0 spiro atoms. The Hall–Kier alpha value is -1.49. The number of rotatable bonds is 5. The molecule has 19 heavy (non-hydrogen) atoms. The zero-order chi connectivity index (χ0) is 13.7. The molecular weight excluding hydrogens is 262 g/mol. The first kappa shape index (κ1) is 13.9. The van der Waals surface area contributed by atoms with Gasteiger partial charge in [-0.2, -0.15) is 0 Å². The van der Waals surface area contributed by atoms with Gasteiger partial charge in [0.25, 0.3) is 0 Å². The fraction of sp³-hybridized carbons (Fsp3) is 0.429. The fourth-order valence-corrected chi connectivity index (χ4v) is 2.93. The molecule has 4 nitrogen and oxygen atoms in total. The lowest BCUT2D eigenvalue weighted by Crippen LogP contribution is -2.14. The highest BCUT2D eigenvalue weighted by atomic mass is 32.2. The summed E-state index contributed by atoms with van der Waals surface area (Å²) in [6.45, 7) is 2.92. The van der Waals surface area contributed by atoms with Gasteiger partial charge < -0.3 is 9.47 Å². The minimum absolute atomic E-state index is 0.147. The van der Waals surface area contributed by atoms with Crippen LogP contribution in [-0.2, 0) is 9.53 Å². The number of esters is 1. The van der Waals surface area contributed by atoms with Gasteiger partial charge in [0.1, 0.15) is 5.75 Å².